The summed E-state index contributed by atoms with van der Waals surface area (Å²) in [5, 5.41) is 2.88. The maximum absolute atomic E-state index is 13.4. The first kappa shape index (κ1) is 24.8. The molecule has 1 unspecified atom stereocenters. The van der Waals surface area contributed by atoms with Crippen LogP contribution in [0, 0.1) is 3.57 Å². The maximum Gasteiger partial charge on any atom is 0.264 e. The smallest absolute Gasteiger partial charge is 0.264 e. The van der Waals surface area contributed by atoms with Crippen molar-refractivity contribution in [3.63, 3.8) is 0 Å². The van der Waals surface area contributed by atoms with E-state index in [0.29, 0.717) is 17.2 Å². The molecule has 0 aromatic heterocycles. The van der Waals surface area contributed by atoms with E-state index in [1.54, 1.807) is 61.7 Å². The van der Waals surface area contributed by atoms with Crippen molar-refractivity contribution in [3.05, 3.63) is 81.9 Å². The summed E-state index contributed by atoms with van der Waals surface area (Å²) in [6, 6.07) is 20.0. The fourth-order valence-electron chi connectivity index (χ4n) is 3.27. The summed E-state index contributed by atoms with van der Waals surface area (Å²) in [4.78, 5) is 13.1. The molecule has 0 saturated heterocycles. The molecule has 0 aliphatic heterocycles. The van der Waals surface area contributed by atoms with E-state index in [1.807, 2.05) is 13.0 Å². The third kappa shape index (κ3) is 5.97. The van der Waals surface area contributed by atoms with Crippen LogP contribution < -0.4 is 19.1 Å². The Kier molecular flexibility index (Phi) is 8.20. The van der Waals surface area contributed by atoms with Crippen LogP contribution in [0.4, 0.5) is 5.69 Å². The third-order valence-corrected chi connectivity index (χ3v) is 7.53. The predicted molar refractivity (Wildman–Crippen MR) is 136 cm³/mol. The molecule has 33 heavy (non-hydrogen) atoms. The zero-order valence-corrected chi connectivity index (χ0v) is 21.5. The number of hydrogen-bond donors (Lipinski definition) is 1. The lowest BCUT2D eigenvalue weighted by Gasteiger charge is -2.25. The van der Waals surface area contributed by atoms with E-state index >= 15 is 0 Å². The van der Waals surface area contributed by atoms with Gasteiger partial charge in [0.05, 0.1) is 30.8 Å². The van der Waals surface area contributed by atoms with Gasteiger partial charge in [-0.25, -0.2) is 8.42 Å². The number of ether oxygens (including phenoxy) is 2. The van der Waals surface area contributed by atoms with Gasteiger partial charge in [-0.05, 0) is 83.6 Å². The molecule has 9 heteroatoms. The summed E-state index contributed by atoms with van der Waals surface area (Å²) in [5.74, 6) is 0.692. The molecule has 174 valence electrons. The van der Waals surface area contributed by atoms with Crippen LogP contribution >= 0.6 is 22.6 Å². The van der Waals surface area contributed by atoms with Crippen LogP contribution in [0.15, 0.2) is 77.7 Å². The van der Waals surface area contributed by atoms with Crippen molar-refractivity contribution in [1.82, 2.24) is 5.32 Å². The highest BCUT2D eigenvalue weighted by Crippen LogP contribution is 2.30. The number of methoxy groups -OCH3 is 2. The molecule has 0 radical (unpaired) electrons. The first-order valence-electron chi connectivity index (χ1n) is 10.1. The minimum absolute atomic E-state index is 0.115. The van der Waals surface area contributed by atoms with E-state index in [-0.39, 0.29) is 17.5 Å². The van der Waals surface area contributed by atoms with Crippen LogP contribution in [-0.2, 0) is 14.8 Å². The standard InChI is InChI=1S/C24H25IN2O5S/c1-17(18-9-14-22(31-2)23(15-18)32-3)26-24(28)16-27(20-12-10-19(25)11-13-20)33(29,30)21-7-5-4-6-8-21/h4-15,17H,16H2,1-3H3,(H,26,28). The number of rotatable bonds is 9. The average Bonchev–Trinajstić information content (AvgIpc) is 2.83. The maximum atomic E-state index is 13.4. The number of nitrogens with zero attached hydrogens (tertiary/aromatic N) is 1. The third-order valence-electron chi connectivity index (χ3n) is 5.02. The van der Waals surface area contributed by atoms with E-state index in [2.05, 4.69) is 27.9 Å². The van der Waals surface area contributed by atoms with Gasteiger partial charge in [-0.2, -0.15) is 0 Å². The molecule has 0 fully saturated rings. The molecule has 0 aliphatic rings. The number of carbonyl (C=O) groups excluding carboxylic acids is 1. The molecule has 1 N–H and O–H groups in total. The summed E-state index contributed by atoms with van der Waals surface area (Å²) in [6.07, 6.45) is 0. The Balaban J connectivity index is 1.85. The van der Waals surface area contributed by atoms with Crippen LogP contribution in [0.5, 0.6) is 11.5 Å². The topological polar surface area (TPSA) is 84.9 Å². The molecule has 0 bridgehead atoms. The average molecular weight is 580 g/mol. The van der Waals surface area contributed by atoms with E-state index in [0.717, 1.165) is 13.4 Å². The van der Waals surface area contributed by atoms with Crippen molar-refractivity contribution in [2.75, 3.05) is 25.1 Å². The fourth-order valence-corrected chi connectivity index (χ4v) is 5.07. The van der Waals surface area contributed by atoms with Crippen molar-refractivity contribution >= 4 is 44.2 Å². The Morgan fingerprint density at radius 3 is 2.21 bits per heavy atom. The van der Waals surface area contributed by atoms with Crippen molar-refractivity contribution in [1.29, 1.82) is 0 Å². The Labute approximate surface area is 207 Å². The number of hydrogen-bond acceptors (Lipinski definition) is 5. The van der Waals surface area contributed by atoms with Gasteiger partial charge in [0.25, 0.3) is 10.0 Å². The van der Waals surface area contributed by atoms with Gasteiger partial charge in [0.15, 0.2) is 11.5 Å². The molecule has 0 heterocycles. The van der Waals surface area contributed by atoms with Gasteiger partial charge in [-0.1, -0.05) is 24.3 Å². The summed E-state index contributed by atoms with van der Waals surface area (Å²) in [6.45, 7) is 1.45. The molecule has 0 saturated carbocycles. The lowest BCUT2D eigenvalue weighted by atomic mass is 10.1. The summed E-state index contributed by atoms with van der Waals surface area (Å²) >= 11 is 2.14. The van der Waals surface area contributed by atoms with Crippen molar-refractivity contribution in [3.8, 4) is 11.5 Å². The molecular formula is C24H25IN2O5S. The molecule has 3 aromatic carbocycles. The van der Waals surface area contributed by atoms with Crippen molar-refractivity contribution in [2.45, 2.75) is 17.9 Å². The molecular weight excluding hydrogens is 555 g/mol. The monoisotopic (exact) mass is 580 g/mol. The number of amides is 1. The van der Waals surface area contributed by atoms with E-state index < -0.39 is 15.9 Å². The van der Waals surface area contributed by atoms with Crippen LogP contribution in [-0.4, -0.2) is 35.1 Å². The minimum atomic E-state index is -3.95. The quantitative estimate of drug-likeness (QED) is 0.380. The Bertz CT molecular complexity index is 1200. The summed E-state index contributed by atoms with van der Waals surface area (Å²) in [7, 11) is -0.858. The predicted octanol–water partition coefficient (Wildman–Crippen LogP) is 4.38. The fraction of sp³-hybridized carbons (Fsp3) is 0.208. The number of benzene rings is 3. The van der Waals surface area contributed by atoms with Gasteiger partial charge in [-0.3, -0.25) is 9.10 Å². The molecule has 7 nitrogen and oxygen atoms in total. The summed E-state index contributed by atoms with van der Waals surface area (Å²) < 4.78 is 39.4. The normalized spacial score (nSPS) is 12.0. The van der Waals surface area contributed by atoms with Gasteiger partial charge in [-0.15, -0.1) is 0 Å². The minimum Gasteiger partial charge on any atom is -0.493 e. The Morgan fingerprint density at radius 2 is 1.61 bits per heavy atom. The number of sulfonamides is 1. The molecule has 1 atom stereocenters. The highest BCUT2D eigenvalue weighted by atomic mass is 127. The molecule has 3 rings (SSSR count). The first-order valence-corrected chi connectivity index (χ1v) is 12.6. The number of halogens is 1. The number of anilines is 1. The summed E-state index contributed by atoms with van der Waals surface area (Å²) in [5.41, 5.74) is 1.21. The SMILES string of the molecule is COc1ccc(C(C)NC(=O)CN(c2ccc(I)cc2)S(=O)(=O)c2ccccc2)cc1OC. The highest BCUT2D eigenvalue weighted by Gasteiger charge is 2.27. The van der Waals surface area contributed by atoms with E-state index in [4.69, 9.17) is 9.47 Å². The zero-order chi connectivity index (χ0) is 24.0. The van der Waals surface area contributed by atoms with Gasteiger partial charge < -0.3 is 14.8 Å². The number of carbonyl (C=O) groups is 1. The second-order valence-electron chi connectivity index (χ2n) is 7.20. The van der Waals surface area contributed by atoms with E-state index in [1.165, 1.54) is 19.2 Å². The van der Waals surface area contributed by atoms with Crippen LogP contribution in [0.3, 0.4) is 0 Å². The lowest BCUT2D eigenvalue weighted by Crippen LogP contribution is -2.41. The largest absolute Gasteiger partial charge is 0.493 e. The van der Waals surface area contributed by atoms with Gasteiger partial charge in [0.2, 0.25) is 5.91 Å². The van der Waals surface area contributed by atoms with Crippen molar-refractivity contribution < 1.29 is 22.7 Å². The van der Waals surface area contributed by atoms with Crippen LogP contribution in [0.25, 0.3) is 0 Å². The number of nitrogens with one attached hydrogen (secondary N) is 1. The molecule has 0 aliphatic carbocycles. The Hall–Kier alpha value is -2.79. The van der Waals surface area contributed by atoms with Crippen LogP contribution in [0.2, 0.25) is 0 Å². The van der Waals surface area contributed by atoms with E-state index in [9.17, 15) is 13.2 Å². The van der Waals surface area contributed by atoms with Gasteiger partial charge >= 0.3 is 0 Å². The molecule has 0 spiro atoms. The van der Waals surface area contributed by atoms with Gasteiger partial charge in [0.1, 0.15) is 6.54 Å². The molecule has 3 aromatic rings. The first-order chi connectivity index (χ1) is 15.8. The zero-order valence-electron chi connectivity index (χ0n) is 18.5. The van der Waals surface area contributed by atoms with Gasteiger partial charge in [0, 0.05) is 3.57 Å². The molecule has 1 amide bonds. The van der Waals surface area contributed by atoms with Crippen molar-refractivity contribution in [2.24, 2.45) is 0 Å². The second-order valence-corrected chi connectivity index (χ2v) is 10.3. The Morgan fingerprint density at radius 1 is 0.970 bits per heavy atom. The van der Waals surface area contributed by atoms with Crippen LogP contribution in [0.1, 0.15) is 18.5 Å². The second kappa shape index (κ2) is 10.9. The highest BCUT2D eigenvalue weighted by molar-refractivity contribution is 14.1. The lowest BCUT2D eigenvalue weighted by molar-refractivity contribution is -0.120.